The van der Waals surface area contributed by atoms with E-state index in [1.165, 1.54) is 23.1 Å². The maximum absolute atomic E-state index is 10.8. The van der Waals surface area contributed by atoms with E-state index in [9.17, 15) is 4.79 Å². The van der Waals surface area contributed by atoms with E-state index in [1.807, 2.05) is 18.2 Å². The minimum atomic E-state index is 0.162. The Balaban J connectivity index is 1.90. The molecule has 0 unspecified atom stereocenters. The molecule has 0 saturated carbocycles. The Hall–Kier alpha value is -1.58. The third kappa shape index (κ3) is 3.94. The van der Waals surface area contributed by atoms with Crippen LogP contribution in [0.25, 0.3) is 10.2 Å². The van der Waals surface area contributed by atoms with Crippen LogP contribution in [0.1, 0.15) is 18.4 Å². The van der Waals surface area contributed by atoms with Crippen LogP contribution in [0.3, 0.4) is 0 Å². The average Bonchev–Trinajstić information content (AvgIpc) is 2.80. The van der Waals surface area contributed by atoms with E-state index in [0.29, 0.717) is 5.01 Å². The van der Waals surface area contributed by atoms with E-state index in [4.69, 9.17) is 5.26 Å². The van der Waals surface area contributed by atoms with Gasteiger partial charge in [0.2, 0.25) is 0 Å². The highest BCUT2D eigenvalue weighted by molar-refractivity contribution is 8.13. The molecule has 1 heterocycles. The Morgan fingerprint density at radius 2 is 2.42 bits per heavy atom. The van der Waals surface area contributed by atoms with Crippen LogP contribution in [0, 0.1) is 11.3 Å². The number of nitriles is 1. The number of carbonyl (C=O) groups is 1. The number of aromatic nitrogens is 1. The van der Waals surface area contributed by atoms with Crippen LogP contribution in [-0.4, -0.2) is 22.4 Å². The van der Waals surface area contributed by atoms with Crippen LogP contribution >= 0.6 is 23.1 Å². The average molecular weight is 291 g/mol. The lowest BCUT2D eigenvalue weighted by molar-refractivity contribution is -0.109. The van der Waals surface area contributed by atoms with Crippen LogP contribution in [-0.2, 0) is 4.79 Å². The number of hydrogen-bond acceptors (Lipinski definition) is 6. The topological polar surface area (TPSA) is 65.8 Å². The van der Waals surface area contributed by atoms with Crippen molar-refractivity contribution in [1.29, 1.82) is 5.26 Å². The van der Waals surface area contributed by atoms with Crippen molar-refractivity contribution in [1.82, 2.24) is 4.98 Å². The van der Waals surface area contributed by atoms with Gasteiger partial charge < -0.3 is 5.32 Å². The van der Waals surface area contributed by atoms with Crippen LogP contribution < -0.4 is 5.32 Å². The first-order valence-electron chi connectivity index (χ1n) is 5.87. The van der Waals surface area contributed by atoms with Crippen LogP contribution in [0.5, 0.6) is 0 Å². The van der Waals surface area contributed by atoms with Gasteiger partial charge in [0.05, 0.1) is 10.2 Å². The normalized spacial score (nSPS) is 10.3. The highest BCUT2D eigenvalue weighted by atomic mass is 32.2. The summed E-state index contributed by atoms with van der Waals surface area (Å²) in [5.41, 5.74) is 1.88. The summed E-state index contributed by atoms with van der Waals surface area (Å²) in [6.45, 7) is 2.41. The first kappa shape index (κ1) is 13.8. The monoisotopic (exact) mass is 291 g/mol. The molecule has 0 aliphatic carbocycles. The zero-order valence-electron chi connectivity index (χ0n) is 10.5. The highest BCUT2D eigenvalue weighted by Crippen LogP contribution is 2.24. The van der Waals surface area contributed by atoms with Crippen molar-refractivity contribution in [2.75, 3.05) is 17.6 Å². The van der Waals surface area contributed by atoms with E-state index in [1.54, 1.807) is 6.92 Å². The molecular weight excluding hydrogens is 278 g/mol. The second kappa shape index (κ2) is 6.55. The zero-order chi connectivity index (χ0) is 13.7. The van der Waals surface area contributed by atoms with Gasteiger partial charge in [0.15, 0.2) is 10.1 Å². The van der Waals surface area contributed by atoms with Gasteiger partial charge in [-0.2, -0.15) is 5.26 Å². The van der Waals surface area contributed by atoms with Crippen molar-refractivity contribution in [2.24, 2.45) is 0 Å². The van der Waals surface area contributed by atoms with Crippen molar-refractivity contribution in [3.05, 3.63) is 23.2 Å². The fourth-order valence-electron chi connectivity index (χ4n) is 1.60. The summed E-state index contributed by atoms with van der Waals surface area (Å²) < 4.78 is 1.01. The molecule has 98 valence electrons. The number of rotatable bonds is 5. The number of thioether (sulfide) groups is 1. The van der Waals surface area contributed by atoms with Gasteiger partial charge in [0, 0.05) is 24.9 Å². The third-order valence-corrected chi connectivity index (χ3v) is 4.26. The Morgan fingerprint density at radius 1 is 1.58 bits per heavy atom. The van der Waals surface area contributed by atoms with Crippen molar-refractivity contribution in [3.63, 3.8) is 0 Å². The summed E-state index contributed by atoms with van der Waals surface area (Å²) in [5, 5.41) is 12.8. The van der Waals surface area contributed by atoms with Gasteiger partial charge >= 0.3 is 0 Å². The molecule has 0 spiro atoms. The minimum absolute atomic E-state index is 0.162. The van der Waals surface area contributed by atoms with Gasteiger partial charge in [-0.25, -0.2) is 4.98 Å². The number of thiazole rings is 1. The lowest BCUT2D eigenvalue weighted by atomic mass is 10.3. The van der Waals surface area contributed by atoms with E-state index in [2.05, 4.69) is 16.4 Å². The van der Waals surface area contributed by atoms with E-state index in [-0.39, 0.29) is 5.12 Å². The number of fused-ring (bicyclic) bond motifs is 1. The van der Waals surface area contributed by atoms with E-state index in [0.717, 1.165) is 34.6 Å². The molecular formula is C13H13N3OS2. The second-order valence-corrected chi connectivity index (χ2v) is 6.24. The summed E-state index contributed by atoms with van der Waals surface area (Å²) >= 11 is 2.75. The Morgan fingerprint density at radius 3 is 3.16 bits per heavy atom. The van der Waals surface area contributed by atoms with Crippen LogP contribution in [0.2, 0.25) is 0 Å². The van der Waals surface area contributed by atoms with Gasteiger partial charge in [-0.3, -0.25) is 4.79 Å². The van der Waals surface area contributed by atoms with Crippen molar-refractivity contribution in [2.45, 2.75) is 13.3 Å². The lowest BCUT2D eigenvalue weighted by Crippen LogP contribution is -2.02. The summed E-state index contributed by atoms with van der Waals surface area (Å²) in [6, 6.07) is 7.94. The van der Waals surface area contributed by atoms with Gasteiger partial charge in [-0.05, 0) is 24.6 Å². The number of nitrogens with zero attached hydrogens (tertiary/aromatic N) is 2. The molecule has 0 fully saturated rings. The standard InChI is InChI=1S/C13H13N3OS2/c1-9(17)18-6-2-5-15-10-3-4-11-12(7-10)19-13(8-14)16-11/h3-4,7,15H,2,5-6H2,1H3. The smallest absolute Gasteiger partial charge is 0.195 e. The summed E-state index contributed by atoms with van der Waals surface area (Å²) in [7, 11) is 0. The fourth-order valence-corrected chi connectivity index (χ4v) is 2.98. The Labute approximate surface area is 119 Å². The molecule has 4 nitrogen and oxygen atoms in total. The SMILES string of the molecule is CC(=O)SCCCNc1ccc2nc(C#N)sc2c1. The number of carbonyl (C=O) groups excluding carboxylic acids is 1. The molecule has 0 atom stereocenters. The Bertz CT molecular complexity index is 630. The molecule has 0 aliphatic rings. The summed E-state index contributed by atoms with van der Waals surface area (Å²) in [4.78, 5) is 15.0. The first-order valence-corrected chi connectivity index (χ1v) is 7.67. The fraction of sp³-hybridized carbons (Fsp3) is 0.308. The van der Waals surface area contributed by atoms with Gasteiger partial charge in [-0.1, -0.05) is 11.8 Å². The first-order chi connectivity index (χ1) is 9.19. The van der Waals surface area contributed by atoms with Crippen molar-refractivity contribution in [3.8, 4) is 6.07 Å². The highest BCUT2D eigenvalue weighted by Gasteiger charge is 2.03. The second-order valence-electron chi connectivity index (χ2n) is 3.93. The van der Waals surface area contributed by atoms with Crippen molar-refractivity contribution < 1.29 is 4.79 Å². The van der Waals surface area contributed by atoms with Gasteiger partial charge in [0.25, 0.3) is 0 Å². The molecule has 2 rings (SSSR count). The number of nitrogens with one attached hydrogen (secondary N) is 1. The largest absolute Gasteiger partial charge is 0.385 e. The number of benzene rings is 1. The molecule has 0 saturated heterocycles. The molecule has 0 amide bonds. The molecule has 19 heavy (non-hydrogen) atoms. The van der Waals surface area contributed by atoms with Crippen LogP contribution in [0.15, 0.2) is 18.2 Å². The van der Waals surface area contributed by atoms with Gasteiger partial charge in [-0.15, -0.1) is 11.3 Å². The lowest BCUT2D eigenvalue weighted by Gasteiger charge is -2.05. The Kier molecular flexibility index (Phi) is 4.77. The molecule has 0 bridgehead atoms. The molecule has 0 aliphatic heterocycles. The molecule has 1 aromatic carbocycles. The van der Waals surface area contributed by atoms with Crippen LogP contribution in [0.4, 0.5) is 5.69 Å². The molecule has 2 aromatic rings. The molecule has 0 radical (unpaired) electrons. The maximum atomic E-state index is 10.8. The number of anilines is 1. The predicted octanol–water partition coefficient (Wildman–Crippen LogP) is 3.25. The van der Waals surface area contributed by atoms with Gasteiger partial charge in [0.1, 0.15) is 6.07 Å². The van der Waals surface area contributed by atoms with Crippen molar-refractivity contribution >= 4 is 44.1 Å². The zero-order valence-corrected chi connectivity index (χ0v) is 12.1. The number of hydrogen-bond donors (Lipinski definition) is 1. The summed E-state index contributed by atoms with van der Waals surface area (Å²) in [5.74, 6) is 0.837. The quantitative estimate of drug-likeness (QED) is 0.857. The van der Waals surface area contributed by atoms with E-state index < -0.39 is 0 Å². The van der Waals surface area contributed by atoms with E-state index >= 15 is 0 Å². The molecule has 6 heteroatoms. The molecule has 1 N–H and O–H groups in total. The maximum Gasteiger partial charge on any atom is 0.195 e. The molecule has 1 aromatic heterocycles. The predicted molar refractivity (Wildman–Crippen MR) is 80.6 cm³/mol. The third-order valence-electron chi connectivity index (χ3n) is 2.44. The minimum Gasteiger partial charge on any atom is -0.385 e. The summed E-state index contributed by atoms with van der Waals surface area (Å²) in [6.07, 6.45) is 0.939.